The number of ether oxygens (including phenoxy) is 2. The number of benzene rings is 1. The van der Waals surface area contributed by atoms with Crippen LogP contribution in [0.2, 0.25) is 0 Å². The molecule has 0 atom stereocenters. The summed E-state index contributed by atoms with van der Waals surface area (Å²) < 4.78 is 11.0. The average molecular weight is 399 g/mol. The molecule has 5 rings (SSSR count). The number of carbonyl (C=O) groups is 2. The van der Waals surface area contributed by atoms with Gasteiger partial charge in [0.2, 0.25) is 0 Å². The zero-order valence-electron chi connectivity index (χ0n) is 17.7. The van der Waals surface area contributed by atoms with Crippen LogP contribution in [-0.4, -0.2) is 25.2 Å². The number of hydrogen-bond donors (Lipinski definition) is 0. The standard InChI is InChI=1S/C25H34O4/c1-2-3-6-10-28-23(26)21-7-4-5-8-22(21)24(27)29-11-9-25-15-18-12-19(16-25)14-20(13-18)17-25/h4-5,7-8,18-20H,2-3,6,9-17H2,1H3. The molecule has 0 N–H and O–H groups in total. The van der Waals surface area contributed by atoms with E-state index in [4.69, 9.17) is 9.47 Å². The van der Waals surface area contributed by atoms with E-state index in [2.05, 4.69) is 6.92 Å². The molecule has 4 fully saturated rings. The van der Waals surface area contributed by atoms with E-state index < -0.39 is 11.9 Å². The highest BCUT2D eigenvalue weighted by molar-refractivity contribution is 6.03. The van der Waals surface area contributed by atoms with Crippen molar-refractivity contribution >= 4 is 11.9 Å². The average Bonchev–Trinajstić information content (AvgIpc) is 2.70. The van der Waals surface area contributed by atoms with Gasteiger partial charge in [-0.3, -0.25) is 0 Å². The van der Waals surface area contributed by atoms with Crippen molar-refractivity contribution in [2.75, 3.05) is 13.2 Å². The third-order valence-corrected chi connectivity index (χ3v) is 7.38. The Labute approximate surface area is 174 Å². The van der Waals surface area contributed by atoms with Gasteiger partial charge < -0.3 is 9.47 Å². The summed E-state index contributed by atoms with van der Waals surface area (Å²) in [6.45, 7) is 2.95. The second-order valence-corrected chi connectivity index (χ2v) is 9.69. The summed E-state index contributed by atoms with van der Waals surface area (Å²) in [7, 11) is 0. The van der Waals surface area contributed by atoms with Crippen molar-refractivity contribution in [3.05, 3.63) is 35.4 Å². The summed E-state index contributed by atoms with van der Waals surface area (Å²) in [5, 5.41) is 0. The Morgan fingerprint density at radius 2 is 1.38 bits per heavy atom. The molecule has 4 aliphatic carbocycles. The molecule has 1 aromatic rings. The fourth-order valence-corrected chi connectivity index (χ4v) is 6.47. The zero-order chi connectivity index (χ0) is 20.3. The first-order chi connectivity index (χ1) is 14.1. The lowest BCUT2D eigenvalue weighted by Gasteiger charge is -2.57. The van der Waals surface area contributed by atoms with E-state index in [-0.39, 0.29) is 0 Å². The number of esters is 2. The minimum Gasteiger partial charge on any atom is -0.462 e. The third kappa shape index (κ3) is 4.67. The second kappa shape index (κ2) is 8.89. The van der Waals surface area contributed by atoms with Gasteiger partial charge in [-0.1, -0.05) is 31.9 Å². The first-order valence-electron chi connectivity index (χ1n) is 11.5. The Morgan fingerprint density at radius 1 is 0.862 bits per heavy atom. The van der Waals surface area contributed by atoms with Gasteiger partial charge in [-0.15, -0.1) is 0 Å². The lowest BCUT2D eigenvalue weighted by molar-refractivity contribution is -0.0653. The molecule has 29 heavy (non-hydrogen) atoms. The highest BCUT2D eigenvalue weighted by Gasteiger charge is 2.50. The summed E-state index contributed by atoms with van der Waals surface area (Å²) in [5.41, 5.74) is 1.02. The zero-order valence-corrected chi connectivity index (χ0v) is 17.7. The van der Waals surface area contributed by atoms with Gasteiger partial charge >= 0.3 is 11.9 Å². The Kier molecular flexibility index (Phi) is 6.26. The van der Waals surface area contributed by atoms with Gasteiger partial charge in [0.25, 0.3) is 0 Å². The molecule has 4 bridgehead atoms. The largest absolute Gasteiger partial charge is 0.462 e. The molecular formula is C25H34O4. The summed E-state index contributed by atoms with van der Waals surface area (Å²) in [6, 6.07) is 6.84. The molecule has 0 heterocycles. The van der Waals surface area contributed by atoms with E-state index in [1.165, 1.54) is 38.5 Å². The minimum absolute atomic E-state index is 0.309. The maximum Gasteiger partial charge on any atom is 0.339 e. The van der Waals surface area contributed by atoms with Gasteiger partial charge in [-0.25, -0.2) is 9.59 Å². The molecule has 0 radical (unpaired) electrons. The fourth-order valence-electron chi connectivity index (χ4n) is 6.47. The van der Waals surface area contributed by atoms with Crippen LogP contribution in [0, 0.1) is 23.2 Å². The predicted octanol–water partition coefficient (Wildman–Crippen LogP) is 5.80. The smallest absolute Gasteiger partial charge is 0.339 e. The molecule has 0 unspecified atom stereocenters. The van der Waals surface area contributed by atoms with Crippen molar-refractivity contribution < 1.29 is 19.1 Å². The summed E-state index contributed by atoms with van der Waals surface area (Å²) >= 11 is 0. The van der Waals surface area contributed by atoms with E-state index in [9.17, 15) is 9.59 Å². The molecule has 0 saturated heterocycles. The van der Waals surface area contributed by atoms with Gasteiger partial charge in [0.15, 0.2) is 0 Å². The molecule has 1 aromatic carbocycles. The van der Waals surface area contributed by atoms with Gasteiger partial charge in [0.1, 0.15) is 0 Å². The first kappa shape index (κ1) is 20.4. The van der Waals surface area contributed by atoms with Crippen molar-refractivity contribution in [2.24, 2.45) is 23.2 Å². The highest BCUT2D eigenvalue weighted by Crippen LogP contribution is 2.61. The van der Waals surface area contributed by atoms with Crippen LogP contribution in [0.25, 0.3) is 0 Å². The molecule has 158 valence electrons. The Morgan fingerprint density at radius 3 is 1.90 bits per heavy atom. The van der Waals surface area contributed by atoms with E-state index in [1.807, 2.05) is 0 Å². The molecule has 4 heteroatoms. The predicted molar refractivity (Wildman–Crippen MR) is 112 cm³/mol. The van der Waals surface area contributed by atoms with E-state index in [1.54, 1.807) is 24.3 Å². The van der Waals surface area contributed by atoms with Crippen molar-refractivity contribution in [1.82, 2.24) is 0 Å². The summed E-state index contributed by atoms with van der Waals surface area (Å²) in [4.78, 5) is 25.1. The molecule has 4 aliphatic rings. The van der Waals surface area contributed by atoms with Gasteiger partial charge in [0, 0.05) is 0 Å². The Hall–Kier alpha value is -1.84. The van der Waals surface area contributed by atoms with Crippen LogP contribution >= 0.6 is 0 Å². The first-order valence-corrected chi connectivity index (χ1v) is 11.5. The topological polar surface area (TPSA) is 52.6 Å². The van der Waals surface area contributed by atoms with Crippen LogP contribution in [0.3, 0.4) is 0 Å². The minimum atomic E-state index is -0.435. The van der Waals surface area contributed by atoms with E-state index in [0.29, 0.717) is 29.8 Å². The molecule has 0 spiro atoms. The van der Waals surface area contributed by atoms with Crippen molar-refractivity contribution in [1.29, 1.82) is 0 Å². The van der Waals surface area contributed by atoms with Crippen molar-refractivity contribution in [2.45, 2.75) is 71.1 Å². The molecule has 0 aromatic heterocycles. The molecular weight excluding hydrogens is 364 g/mol. The van der Waals surface area contributed by atoms with Gasteiger partial charge in [-0.05, 0) is 86.7 Å². The third-order valence-electron chi connectivity index (χ3n) is 7.38. The maximum absolute atomic E-state index is 12.7. The molecule has 0 aliphatic heterocycles. The molecule has 0 amide bonds. The second-order valence-electron chi connectivity index (χ2n) is 9.69. The van der Waals surface area contributed by atoms with E-state index in [0.717, 1.165) is 43.4 Å². The van der Waals surface area contributed by atoms with Crippen LogP contribution in [-0.2, 0) is 9.47 Å². The van der Waals surface area contributed by atoms with Gasteiger partial charge in [0.05, 0.1) is 24.3 Å². The lowest BCUT2D eigenvalue weighted by Crippen LogP contribution is -2.46. The van der Waals surface area contributed by atoms with Crippen LogP contribution < -0.4 is 0 Å². The van der Waals surface area contributed by atoms with Crippen LogP contribution in [0.1, 0.15) is 91.8 Å². The summed E-state index contributed by atoms with van der Waals surface area (Å²) in [5.74, 6) is 1.87. The van der Waals surface area contributed by atoms with E-state index >= 15 is 0 Å². The summed E-state index contributed by atoms with van der Waals surface area (Å²) in [6.07, 6.45) is 12.1. The number of carbonyl (C=O) groups excluding carboxylic acids is 2. The Balaban J connectivity index is 1.32. The highest BCUT2D eigenvalue weighted by atomic mass is 16.5. The number of hydrogen-bond acceptors (Lipinski definition) is 4. The fraction of sp³-hybridized carbons (Fsp3) is 0.680. The molecule has 4 nitrogen and oxygen atoms in total. The quantitative estimate of drug-likeness (QED) is 0.390. The Bertz CT molecular complexity index is 703. The number of rotatable bonds is 9. The SMILES string of the molecule is CCCCCOC(=O)c1ccccc1C(=O)OCCC12CC3CC(CC(C3)C1)C2. The monoisotopic (exact) mass is 398 g/mol. The van der Waals surface area contributed by atoms with Crippen LogP contribution in [0.4, 0.5) is 0 Å². The van der Waals surface area contributed by atoms with Crippen LogP contribution in [0.5, 0.6) is 0 Å². The lowest BCUT2D eigenvalue weighted by atomic mass is 9.49. The normalized spacial score (nSPS) is 29.6. The van der Waals surface area contributed by atoms with Crippen LogP contribution in [0.15, 0.2) is 24.3 Å². The van der Waals surface area contributed by atoms with Gasteiger partial charge in [-0.2, -0.15) is 0 Å². The number of unbranched alkanes of at least 4 members (excludes halogenated alkanes) is 2. The molecule has 4 saturated carbocycles. The maximum atomic E-state index is 12.7. The van der Waals surface area contributed by atoms with Crippen molar-refractivity contribution in [3.63, 3.8) is 0 Å². The van der Waals surface area contributed by atoms with Crippen molar-refractivity contribution in [3.8, 4) is 0 Å².